The number of carbonyl (C=O) groups is 1. The Bertz CT molecular complexity index is 791. The quantitative estimate of drug-likeness (QED) is 0.902. The van der Waals surface area contributed by atoms with Crippen LogP contribution in [0, 0.1) is 6.92 Å². The summed E-state index contributed by atoms with van der Waals surface area (Å²) in [7, 11) is 1.81. The van der Waals surface area contributed by atoms with E-state index in [1.54, 1.807) is 10.9 Å². The molecule has 128 valence electrons. The van der Waals surface area contributed by atoms with Gasteiger partial charge in [0.25, 0.3) is 0 Å². The monoisotopic (exact) mass is 338 g/mol. The van der Waals surface area contributed by atoms with Crippen LogP contribution in [0.15, 0.2) is 24.4 Å². The standard InChI is InChI=1S/C15H16F2N4O3/c1-8(11-7-18-21(3)9(11)2)19-14(22)20-10-4-5-12-13(6-10)24-15(16,17)23-12/h4-8H,1-3H3,(H2,19,20,22). The maximum Gasteiger partial charge on any atom is 0.586 e. The minimum absolute atomic E-state index is 0.0784. The Labute approximate surface area is 136 Å². The van der Waals surface area contributed by atoms with E-state index in [4.69, 9.17) is 0 Å². The van der Waals surface area contributed by atoms with Crippen LogP contribution in [0.4, 0.5) is 19.3 Å². The Kier molecular flexibility index (Phi) is 3.78. The third kappa shape index (κ3) is 3.10. The van der Waals surface area contributed by atoms with Gasteiger partial charge in [-0.3, -0.25) is 4.68 Å². The number of carbonyl (C=O) groups excluding carboxylic acids is 1. The second-order valence-corrected chi connectivity index (χ2v) is 5.46. The number of fused-ring (bicyclic) bond motifs is 1. The number of hydrogen-bond donors (Lipinski definition) is 2. The highest BCUT2D eigenvalue weighted by Crippen LogP contribution is 2.42. The van der Waals surface area contributed by atoms with Crippen molar-refractivity contribution in [3.8, 4) is 11.5 Å². The molecule has 1 unspecified atom stereocenters. The summed E-state index contributed by atoms with van der Waals surface area (Å²) in [5.74, 6) is -0.209. The molecule has 2 aromatic rings. The van der Waals surface area contributed by atoms with Gasteiger partial charge in [-0.1, -0.05) is 0 Å². The van der Waals surface area contributed by atoms with Crippen molar-refractivity contribution >= 4 is 11.7 Å². The predicted molar refractivity (Wildman–Crippen MR) is 81.2 cm³/mol. The molecule has 0 spiro atoms. The SMILES string of the molecule is Cc1c(C(C)NC(=O)Nc2ccc3c(c2)OC(F)(F)O3)cnn1C. The predicted octanol–water partition coefficient (Wildman–Crippen LogP) is 2.93. The Morgan fingerprint density at radius 1 is 1.33 bits per heavy atom. The number of aromatic nitrogens is 2. The Morgan fingerprint density at radius 3 is 2.71 bits per heavy atom. The van der Waals surface area contributed by atoms with Crippen molar-refractivity contribution in [3.63, 3.8) is 0 Å². The molecule has 0 aliphatic carbocycles. The molecule has 0 saturated heterocycles. The number of hydrogen-bond acceptors (Lipinski definition) is 4. The summed E-state index contributed by atoms with van der Waals surface area (Å²) in [5.41, 5.74) is 2.13. The first-order valence-corrected chi connectivity index (χ1v) is 7.21. The zero-order chi connectivity index (χ0) is 17.5. The van der Waals surface area contributed by atoms with E-state index in [2.05, 4.69) is 25.2 Å². The Hall–Kier alpha value is -2.84. The van der Waals surface area contributed by atoms with Crippen molar-refractivity contribution in [3.05, 3.63) is 35.7 Å². The maximum absolute atomic E-state index is 13.0. The molecule has 1 atom stereocenters. The van der Waals surface area contributed by atoms with E-state index in [0.717, 1.165) is 11.3 Å². The largest absolute Gasteiger partial charge is 0.586 e. The van der Waals surface area contributed by atoms with Crippen molar-refractivity contribution in [2.24, 2.45) is 7.05 Å². The van der Waals surface area contributed by atoms with E-state index in [0.29, 0.717) is 5.69 Å². The van der Waals surface area contributed by atoms with Gasteiger partial charge in [0.1, 0.15) is 0 Å². The molecule has 1 aromatic heterocycles. The number of benzene rings is 1. The fraction of sp³-hybridized carbons (Fsp3) is 0.333. The van der Waals surface area contributed by atoms with Gasteiger partial charge in [-0.15, -0.1) is 8.78 Å². The van der Waals surface area contributed by atoms with Gasteiger partial charge in [-0.2, -0.15) is 5.10 Å². The maximum atomic E-state index is 13.0. The van der Waals surface area contributed by atoms with Crippen LogP contribution in [0.2, 0.25) is 0 Å². The number of aryl methyl sites for hydroxylation is 1. The van der Waals surface area contributed by atoms with Crippen LogP contribution in [0.5, 0.6) is 11.5 Å². The van der Waals surface area contributed by atoms with E-state index < -0.39 is 12.3 Å². The molecule has 2 heterocycles. The number of nitrogens with one attached hydrogen (secondary N) is 2. The Morgan fingerprint density at radius 2 is 2.04 bits per heavy atom. The van der Waals surface area contributed by atoms with Gasteiger partial charge < -0.3 is 20.1 Å². The zero-order valence-electron chi connectivity index (χ0n) is 13.3. The molecule has 7 nitrogen and oxygen atoms in total. The highest BCUT2D eigenvalue weighted by molar-refractivity contribution is 5.90. The average Bonchev–Trinajstić information content (AvgIpc) is 2.97. The second-order valence-electron chi connectivity index (χ2n) is 5.46. The highest BCUT2D eigenvalue weighted by Gasteiger charge is 2.43. The Balaban J connectivity index is 1.65. The minimum atomic E-state index is -3.68. The number of urea groups is 1. The number of alkyl halides is 2. The summed E-state index contributed by atoms with van der Waals surface area (Å²) in [6.45, 7) is 3.72. The third-order valence-corrected chi connectivity index (χ3v) is 3.75. The number of halogens is 2. The summed E-state index contributed by atoms with van der Waals surface area (Å²) in [6, 6.07) is 3.29. The van der Waals surface area contributed by atoms with E-state index in [1.165, 1.54) is 18.2 Å². The van der Waals surface area contributed by atoms with Gasteiger partial charge in [-0.25, -0.2) is 4.79 Å². The van der Waals surface area contributed by atoms with E-state index in [1.807, 2.05) is 20.9 Å². The van der Waals surface area contributed by atoms with Gasteiger partial charge in [0.15, 0.2) is 11.5 Å². The average molecular weight is 338 g/mol. The van der Waals surface area contributed by atoms with Crippen LogP contribution in [0.25, 0.3) is 0 Å². The first-order chi connectivity index (χ1) is 11.2. The molecular formula is C15H16F2N4O3. The van der Waals surface area contributed by atoms with Crippen LogP contribution < -0.4 is 20.1 Å². The van der Waals surface area contributed by atoms with E-state index in [-0.39, 0.29) is 17.5 Å². The number of rotatable bonds is 3. The smallest absolute Gasteiger partial charge is 0.395 e. The van der Waals surface area contributed by atoms with E-state index >= 15 is 0 Å². The van der Waals surface area contributed by atoms with Crippen LogP contribution in [0.3, 0.4) is 0 Å². The molecule has 1 aromatic carbocycles. The van der Waals surface area contributed by atoms with Gasteiger partial charge in [0.05, 0.1) is 12.2 Å². The molecule has 9 heteroatoms. The summed E-state index contributed by atoms with van der Waals surface area (Å²) in [5, 5.41) is 9.45. The molecule has 0 bridgehead atoms. The molecule has 3 rings (SSSR count). The lowest BCUT2D eigenvalue weighted by Gasteiger charge is -2.14. The summed E-state index contributed by atoms with van der Waals surface area (Å²) in [6.07, 6.45) is -2.00. The van der Waals surface area contributed by atoms with Gasteiger partial charge in [0, 0.05) is 30.1 Å². The van der Waals surface area contributed by atoms with Crippen molar-refractivity contribution in [1.29, 1.82) is 0 Å². The lowest BCUT2D eigenvalue weighted by atomic mass is 10.1. The third-order valence-electron chi connectivity index (χ3n) is 3.75. The van der Waals surface area contributed by atoms with Crippen LogP contribution in [0.1, 0.15) is 24.2 Å². The van der Waals surface area contributed by atoms with Crippen LogP contribution in [-0.4, -0.2) is 22.1 Å². The molecule has 1 aliphatic heterocycles. The highest BCUT2D eigenvalue weighted by atomic mass is 19.3. The lowest BCUT2D eigenvalue weighted by Crippen LogP contribution is -2.31. The molecule has 2 amide bonds. The van der Waals surface area contributed by atoms with Crippen LogP contribution in [-0.2, 0) is 7.05 Å². The van der Waals surface area contributed by atoms with Crippen molar-refractivity contribution in [1.82, 2.24) is 15.1 Å². The zero-order valence-corrected chi connectivity index (χ0v) is 13.3. The topological polar surface area (TPSA) is 77.4 Å². The first kappa shape index (κ1) is 16.0. The van der Waals surface area contributed by atoms with Crippen molar-refractivity contribution in [2.75, 3.05) is 5.32 Å². The fourth-order valence-corrected chi connectivity index (χ4v) is 2.41. The summed E-state index contributed by atoms with van der Waals surface area (Å²) in [4.78, 5) is 12.1. The molecule has 1 aliphatic rings. The van der Waals surface area contributed by atoms with Gasteiger partial charge in [-0.05, 0) is 26.0 Å². The first-order valence-electron chi connectivity index (χ1n) is 7.21. The lowest BCUT2D eigenvalue weighted by molar-refractivity contribution is -0.286. The molecule has 0 saturated carbocycles. The molecule has 24 heavy (non-hydrogen) atoms. The second kappa shape index (κ2) is 5.66. The molecule has 0 fully saturated rings. The number of nitrogens with zero attached hydrogens (tertiary/aromatic N) is 2. The number of amides is 2. The number of anilines is 1. The van der Waals surface area contributed by atoms with Crippen molar-refractivity contribution < 1.29 is 23.0 Å². The number of ether oxygens (including phenoxy) is 2. The molecule has 0 radical (unpaired) electrons. The van der Waals surface area contributed by atoms with Crippen LogP contribution >= 0.6 is 0 Å². The molecule has 2 N–H and O–H groups in total. The summed E-state index contributed by atoms with van der Waals surface area (Å²) < 4.78 is 36.3. The summed E-state index contributed by atoms with van der Waals surface area (Å²) >= 11 is 0. The van der Waals surface area contributed by atoms with Crippen molar-refractivity contribution in [2.45, 2.75) is 26.2 Å². The molecular weight excluding hydrogens is 322 g/mol. The van der Waals surface area contributed by atoms with E-state index in [9.17, 15) is 13.6 Å². The normalized spacial score (nSPS) is 15.9. The minimum Gasteiger partial charge on any atom is -0.395 e. The van der Waals surface area contributed by atoms with Gasteiger partial charge in [0.2, 0.25) is 0 Å². The van der Waals surface area contributed by atoms with Gasteiger partial charge >= 0.3 is 12.3 Å². The fourth-order valence-electron chi connectivity index (χ4n) is 2.41.